The summed E-state index contributed by atoms with van der Waals surface area (Å²) in [5.41, 5.74) is 3.62. The lowest BCUT2D eigenvalue weighted by Crippen LogP contribution is -2.12. The molecule has 3 rings (SSSR count). The summed E-state index contributed by atoms with van der Waals surface area (Å²) < 4.78 is 0.804. The fraction of sp³-hybridized carbons (Fsp3) is 0.133. The molecule has 2 N–H and O–H groups in total. The second-order valence-electron chi connectivity index (χ2n) is 4.63. The molecular weight excluding hydrogens is 340 g/mol. The Labute approximate surface area is 130 Å². The van der Waals surface area contributed by atoms with Gasteiger partial charge in [0.15, 0.2) is 0 Å². The van der Waals surface area contributed by atoms with Crippen LogP contribution >= 0.6 is 27.5 Å². The first-order valence-corrected chi connectivity index (χ1v) is 7.44. The minimum Gasteiger partial charge on any atom is -0.384 e. The lowest BCUT2D eigenvalue weighted by atomic mass is 10.1. The molecule has 0 bridgehead atoms. The molecule has 0 radical (unpaired) electrons. The van der Waals surface area contributed by atoms with Crippen LogP contribution in [0.25, 0.3) is 0 Å². The Hall–Kier alpha value is -1.52. The number of carbonyl (C=O) groups excluding carboxylic acids is 1. The highest BCUT2D eigenvalue weighted by Gasteiger charge is 2.14. The largest absolute Gasteiger partial charge is 0.384 e. The zero-order valence-corrected chi connectivity index (χ0v) is 12.9. The molecule has 1 amide bonds. The summed E-state index contributed by atoms with van der Waals surface area (Å²) in [6, 6.07) is 11.0. The quantitative estimate of drug-likeness (QED) is 0.846. The van der Waals surface area contributed by atoms with Gasteiger partial charge in [-0.25, -0.2) is 0 Å². The van der Waals surface area contributed by atoms with E-state index >= 15 is 0 Å². The van der Waals surface area contributed by atoms with E-state index < -0.39 is 0 Å². The van der Waals surface area contributed by atoms with E-state index in [0.717, 1.165) is 23.1 Å². The van der Waals surface area contributed by atoms with Gasteiger partial charge in [-0.2, -0.15) is 0 Å². The molecule has 0 saturated carbocycles. The lowest BCUT2D eigenvalue weighted by molar-refractivity contribution is 0.102. The van der Waals surface area contributed by atoms with Crippen LogP contribution in [0, 0.1) is 0 Å². The van der Waals surface area contributed by atoms with Crippen LogP contribution in [0.3, 0.4) is 0 Å². The molecule has 0 saturated heterocycles. The van der Waals surface area contributed by atoms with Crippen molar-refractivity contribution >= 4 is 44.8 Å². The number of fused-ring (bicyclic) bond motifs is 1. The van der Waals surface area contributed by atoms with E-state index in [1.165, 1.54) is 5.56 Å². The van der Waals surface area contributed by atoms with Crippen LogP contribution in [0.1, 0.15) is 15.9 Å². The Morgan fingerprint density at radius 1 is 1.25 bits per heavy atom. The normalized spacial score (nSPS) is 12.7. The van der Waals surface area contributed by atoms with Gasteiger partial charge in [0.2, 0.25) is 0 Å². The molecule has 5 heteroatoms. The van der Waals surface area contributed by atoms with Crippen LogP contribution in [-0.4, -0.2) is 12.5 Å². The number of nitrogens with one attached hydrogen (secondary N) is 2. The second-order valence-corrected chi connectivity index (χ2v) is 5.92. The third kappa shape index (κ3) is 2.67. The van der Waals surface area contributed by atoms with Gasteiger partial charge in [-0.3, -0.25) is 4.79 Å². The number of rotatable bonds is 2. The molecule has 2 aromatic rings. The van der Waals surface area contributed by atoms with Gasteiger partial charge in [0.05, 0.1) is 5.69 Å². The van der Waals surface area contributed by atoms with Gasteiger partial charge in [-0.15, -0.1) is 0 Å². The molecule has 0 atom stereocenters. The van der Waals surface area contributed by atoms with E-state index in [0.29, 0.717) is 16.3 Å². The number of halogens is 2. The Kier molecular flexibility index (Phi) is 3.68. The Morgan fingerprint density at radius 2 is 2.10 bits per heavy atom. The van der Waals surface area contributed by atoms with E-state index in [1.807, 2.05) is 24.3 Å². The maximum atomic E-state index is 12.3. The Balaban J connectivity index is 1.84. The van der Waals surface area contributed by atoms with Gasteiger partial charge in [-0.05, 0) is 64.3 Å². The highest BCUT2D eigenvalue weighted by atomic mass is 79.9. The van der Waals surface area contributed by atoms with Crippen LogP contribution in [0.4, 0.5) is 11.4 Å². The zero-order valence-electron chi connectivity index (χ0n) is 10.5. The molecule has 2 aromatic carbocycles. The summed E-state index contributed by atoms with van der Waals surface area (Å²) in [6.07, 6.45) is 0.956. The van der Waals surface area contributed by atoms with Crippen molar-refractivity contribution in [3.8, 4) is 0 Å². The molecule has 3 nitrogen and oxygen atoms in total. The van der Waals surface area contributed by atoms with Crippen molar-refractivity contribution in [2.45, 2.75) is 6.42 Å². The molecule has 0 unspecified atom stereocenters. The standard InChI is InChI=1S/C15H12BrClN2O/c16-12-3-2-11(17)8-14(12)19-15(20)10-1-4-13-9(7-10)5-6-18-13/h1-4,7-8,18H,5-6H2,(H,19,20). The number of anilines is 2. The first-order valence-electron chi connectivity index (χ1n) is 6.27. The van der Waals surface area contributed by atoms with Crippen LogP contribution in [0.2, 0.25) is 5.02 Å². The second kappa shape index (κ2) is 5.46. The summed E-state index contributed by atoms with van der Waals surface area (Å²) in [6.45, 7) is 0.931. The van der Waals surface area contributed by atoms with Gasteiger partial charge in [0.1, 0.15) is 0 Å². The first kappa shape index (κ1) is 13.5. The maximum absolute atomic E-state index is 12.3. The van der Waals surface area contributed by atoms with Crippen molar-refractivity contribution in [2.24, 2.45) is 0 Å². The molecule has 102 valence electrons. The number of hydrogen-bond donors (Lipinski definition) is 2. The molecule has 1 heterocycles. The van der Waals surface area contributed by atoms with Gasteiger partial charge in [0.25, 0.3) is 5.91 Å². The van der Waals surface area contributed by atoms with E-state index in [1.54, 1.807) is 12.1 Å². The molecule has 0 aromatic heterocycles. The fourth-order valence-electron chi connectivity index (χ4n) is 2.23. The monoisotopic (exact) mass is 350 g/mol. The predicted molar refractivity (Wildman–Crippen MR) is 85.7 cm³/mol. The number of amides is 1. The van der Waals surface area contributed by atoms with Crippen LogP contribution in [0.5, 0.6) is 0 Å². The molecular formula is C15H12BrClN2O. The topological polar surface area (TPSA) is 41.1 Å². The Morgan fingerprint density at radius 3 is 2.95 bits per heavy atom. The van der Waals surface area contributed by atoms with Crippen molar-refractivity contribution in [2.75, 3.05) is 17.2 Å². The van der Waals surface area contributed by atoms with Crippen molar-refractivity contribution in [1.82, 2.24) is 0 Å². The maximum Gasteiger partial charge on any atom is 0.255 e. The van der Waals surface area contributed by atoms with Gasteiger partial charge < -0.3 is 10.6 Å². The Bertz CT molecular complexity index is 688. The number of hydrogen-bond acceptors (Lipinski definition) is 2. The first-order chi connectivity index (χ1) is 9.63. The van der Waals surface area contributed by atoms with Crippen molar-refractivity contribution in [3.05, 3.63) is 57.0 Å². The average Bonchev–Trinajstić information content (AvgIpc) is 2.90. The highest BCUT2D eigenvalue weighted by molar-refractivity contribution is 9.10. The molecule has 0 spiro atoms. The third-order valence-corrected chi connectivity index (χ3v) is 4.18. The molecule has 1 aliphatic heterocycles. The van der Waals surface area contributed by atoms with Crippen LogP contribution in [0.15, 0.2) is 40.9 Å². The van der Waals surface area contributed by atoms with Crippen LogP contribution in [-0.2, 0) is 6.42 Å². The van der Waals surface area contributed by atoms with Gasteiger partial charge in [-0.1, -0.05) is 11.6 Å². The van der Waals surface area contributed by atoms with E-state index in [-0.39, 0.29) is 5.91 Å². The fourth-order valence-corrected chi connectivity index (χ4v) is 2.75. The molecule has 20 heavy (non-hydrogen) atoms. The average molecular weight is 352 g/mol. The molecule has 1 aliphatic rings. The smallest absolute Gasteiger partial charge is 0.255 e. The van der Waals surface area contributed by atoms with E-state index in [2.05, 4.69) is 26.6 Å². The number of benzene rings is 2. The lowest BCUT2D eigenvalue weighted by Gasteiger charge is -2.09. The zero-order chi connectivity index (χ0) is 14.1. The van der Waals surface area contributed by atoms with Crippen molar-refractivity contribution in [1.29, 1.82) is 0 Å². The predicted octanol–water partition coefficient (Wildman–Crippen LogP) is 4.32. The van der Waals surface area contributed by atoms with Crippen LogP contribution < -0.4 is 10.6 Å². The molecule has 0 aliphatic carbocycles. The number of carbonyl (C=O) groups is 1. The van der Waals surface area contributed by atoms with E-state index in [9.17, 15) is 4.79 Å². The van der Waals surface area contributed by atoms with Gasteiger partial charge in [0, 0.05) is 27.3 Å². The minimum absolute atomic E-state index is 0.136. The summed E-state index contributed by atoms with van der Waals surface area (Å²) in [4.78, 5) is 12.3. The summed E-state index contributed by atoms with van der Waals surface area (Å²) in [5, 5.41) is 6.73. The minimum atomic E-state index is -0.136. The summed E-state index contributed by atoms with van der Waals surface area (Å²) in [5.74, 6) is -0.136. The van der Waals surface area contributed by atoms with Gasteiger partial charge >= 0.3 is 0 Å². The van der Waals surface area contributed by atoms with Crippen molar-refractivity contribution < 1.29 is 4.79 Å². The third-order valence-electron chi connectivity index (χ3n) is 3.25. The van der Waals surface area contributed by atoms with E-state index in [4.69, 9.17) is 11.6 Å². The molecule has 0 fully saturated rings. The summed E-state index contributed by atoms with van der Waals surface area (Å²) >= 11 is 9.34. The SMILES string of the molecule is O=C(Nc1cc(Cl)ccc1Br)c1ccc2c(c1)CCN2. The van der Waals surface area contributed by atoms with Crippen molar-refractivity contribution in [3.63, 3.8) is 0 Å². The highest BCUT2D eigenvalue weighted by Crippen LogP contribution is 2.27. The summed E-state index contributed by atoms with van der Waals surface area (Å²) in [7, 11) is 0.